The summed E-state index contributed by atoms with van der Waals surface area (Å²) in [6.45, 7) is 19.7. The van der Waals surface area contributed by atoms with Gasteiger partial charge in [0.15, 0.2) is 0 Å². The van der Waals surface area contributed by atoms with Crippen LogP contribution in [0.2, 0.25) is 0 Å². The molecule has 170 valence electrons. The van der Waals surface area contributed by atoms with Crippen LogP contribution < -0.4 is 10.1 Å². The third-order valence-electron chi connectivity index (χ3n) is 4.30. The Balaban J connectivity index is 0.000000311. The second-order valence-electron chi connectivity index (χ2n) is 8.60. The Hall–Kier alpha value is -3.02. The van der Waals surface area contributed by atoms with E-state index in [0.717, 1.165) is 17.9 Å². The number of rotatable bonds is 8. The molecule has 6 nitrogen and oxygen atoms in total. The maximum absolute atomic E-state index is 10.8. The standard InChI is InChI=1S/C14H19NO.C11H16O4/c1-5-16-11-6-7-13-12(8-11)10(2)9-14(3,4)15-13;1-5-9(12)14-7-11(3,4)8-15-10(13)6-2/h6-9,15H,5H2,1-4H3;5-6H,1-2,7-8H2,3-4H3. The fourth-order valence-corrected chi connectivity index (χ4v) is 2.91. The van der Waals surface area contributed by atoms with Crippen molar-refractivity contribution in [3.63, 3.8) is 0 Å². The molecule has 0 radical (unpaired) electrons. The van der Waals surface area contributed by atoms with Gasteiger partial charge in [-0.15, -0.1) is 0 Å². The molecule has 0 fully saturated rings. The largest absolute Gasteiger partial charge is 0.494 e. The predicted molar refractivity (Wildman–Crippen MR) is 125 cm³/mol. The van der Waals surface area contributed by atoms with Crippen molar-refractivity contribution in [2.45, 2.75) is 47.1 Å². The lowest BCUT2D eigenvalue weighted by molar-refractivity contribution is -0.146. The molecule has 1 aromatic rings. The molecule has 1 aliphatic heterocycles. The summed E-state index contributed by atoms with van der Waals surface area (Å²) >= 11 is 0. The fraction of sp³-hybridized carbons (Fsp3) is 0.440. The van der Waals surface area contributed by atoms with Crippen molar-refractivity contribution in [2.75, 3.05) is 25.1 Å². The van der Waals surface area contributed by atoms with E-state index in [1.165, 1.54) is 16.8 Å². The quantitative estimate of drug-likeness (QED) is 0.454. The topological polar surface area (TPSA) is 73.9 Å². The summed E-state index contributed by atoms with van der Waals surface area (Å²) in [5.41, 5.74) is 3.35. The van der Waals surface area contributed by atoms with Crippen LogP contribution in [-0.2, 0) is 19.1 Å². The van der Waals surface area contributed by atoms with Crippen LogP contribution in [0, 0.1) is 5.41 Å². The minimum Gasteiger partial charge on any atom is -0.494 e. The van der Waals surface area contributed by atoms with Gasteiger partial charge in [-0.05, 0) is 51.5 Å². The molecule has 6 heteroatoms. The summed E-state index contributed by atoms with van der Waals surface area (Å²) in [7, 11) is 0. The molecule has 0 aromatic heterocycles. The van der Waals surface area contributed by atoms with Gasteiger partial charge >= 0.3 is 11.9 Å². The first-order valence-electron chi connectivity index (χ1n) is 10.3. The lowest BCUT2D eigenvalue weighted by Crippen LogP contribution is -2.31. The van der Waals surface area contributed by atoms with Gasteiger partial charge in [0.25, 0.3) is 0 Å². The molecule has 1 heterocycles. The normalized spacial score (nSPS) is 13.8. The number of esters is 2. The van der Waals surface area contributed by atoms with Gasteiger partial charge in [-0.3, -0.25) is 0 Å². The van der Waals surface area contributed by atoms with Gasteiger partial charge in [0.2, 0.25) is 0 Å². The van der Waals surface area contributed by atoms with Gasteiger partial charge in [-0.1, -0.05) is 33.1 Å². The third kappa shape index (κ3) is 9.11. The highest BCUT2D eigenvalue weighted by molar-refractivity contribution is 5.82. The first-order valence-corrected chi connectivity index (χ1v) is 10.3. The van der Waals surface area contributed by atoms with E-state index >= 15 is 0 Å². The molecular formula is C25H35NO5. The number of nitrogens with one attached hydrogen (secondary N) is 1. The van der Waals surface area contributed by atoms with E-state index in [-0.39, 0.29) is 18.8 Å². The van der Waals surface area contributed by atoms with Crippen LogP contribution in [0.15, 0.2) is 49.6 Å². The Labute approximate surface area is 186 Å². The molecule has 1 aromatic carbocycles. The van der Waals surface area contributed by atoms with Crippen molar-refractivity contribution in [1.82, 2.24) is 0 Å². The number of anilines is 1. The van der Waals surface area contributed by atoms with E-state index in [9.17, 15) is 9.59 Å². The summed E-state index contributed by atoms with van der Waals surface area (Å²) in [6.07, 6.45) is 4.43. The molecule has 0 bridgehead atoms. The Morgan fingerprint density at radius 3 is 2.13 bits per heavy atom. The summed E-state index contributed by atoms with van der Waals surface area (Å²) in [5.74, 6) is -0.0354. The molecule has 0 saturated carbocycles. The molecule has 1 aliphatic rings. The lowest BCUT2D eigenvalue weighted by atomic mass is 9.91. The lowest BCUT2D eigenvalue weighted by Gasteiger charge is -2.31. The average Bonchev–Trinajstić information content (AvgIpc) is 2.71. The zero-order valence-electron chi connectivity index (χ0n) is 19.5. The molecule has 0 atom stereocenters. The summed E-state index contributed by atoms with van der Waals surface area (Å²) in [5, 5.41) is 3.50. The number of hydrogen-bond donors (Lipinski definition) is 1. The van der Waals surface area contributed by atoms with Crippen LogP contribution in [0.3, 0.4) is 0 Å². The summed E-state index contributed by atoms with van der Waals surface area (Å²) < 4.78 is 15.2. The highest BCUT2D eigenvalue weighted by Gasteiger charge is 2.23. The van der Waals surface area contributed by atoms with Gasteiger partial charge in [-0.2, -0.15) is 0 Å². The first-order chi connectivity index (χ1) is 14.4. The number of ether oxygens (including phenoxy) is 3. The maximum Gasteiger partial charge on any atom is 0.330 e. The molecule has 2 rings (SSSR count). The number of carbonyl (C=O) groups excluding carboxylic acids is 2. The van der Waals surface area contributed by atoms with E-state index in [0.29, 0.717) is 6.61 Å². The van der Waals surface area contributed by atoms with Crippen LogP contribution >= 0.6 is 0 Å². The van der Waals surface area contributed by atoms with Crippen LogP contribution in [0.1, 0.15) is 47.1 Å². The van der Waals surface area contributed by atoms with Gasteiger partial charge in [0, 0.05) is 28.8 Å². The van der Waals surface area contributed by atoms with Crippen molar-refractivity contribution in [2.24, 2.45) is 5.41 Å². The molecule has 31 heavy (non-hydrogen) atoms. The molecular weight excluding hydrogens is 394 g/mol. The van der Waals surface area contributed by atoms with Crippen molar-refractivity contribution in [1.29, 1.82) is 0 Å². The number of allylic oxidation sites excluding steroid dienone is 1. The van der Waals surface area contributed by atoms with E-state index in [2.05, 4.69) is 57.5 Å². The highest BCUT2D eigenvalue weighted by Crippen LogP contribution is 2.35. The number of fused-ring (bicyclic) bond motifs is 1. The van der Waals surface area contributed by atoms with Gasteiger partial charge in [0.1, 0.15) is 5.75 Å². The van der Waals surface area contributed by atoms with Gasteiger partial charge in [0.05, 0.1) is 25.4 Å². The molecule has 0 saturated heterocycles. The second kappa shape index (κ2) is 11.4. The summed E-state index contributed by atoms with van der Waals surface area (Å²) in [4.78, 5) is 21.6. The Morgan fingerprint density at radius 2 is 1.65 bits per heavy atom. The van der Waals surface area contributed by atoms with E-state index in [4.69, 9.17) is 14.2 Å². The average molecular weight is 430 g/mol. The van der Waals surface area contributed by atoms with Crippen LogP contribution in [0.25, 0.3) is 5.57 Å². The van der Waals surface area contributed by atoms with Crippen molar-refractivity contribution < 1.29 is 23.8 Å². The third-order valence-corrected chi connectivity index (χ3v) is 4.30. The minimum absolute atomic E-state index is 0.0320. The molecule has 0 aliphatic carbocycles. The van der Waals surface area contributed by atoms with Crippen LogP contribution in [0.4, 0.5) is 5.69 Å². The summed E-state index contributed by atoms with van der Waals surface area (Å²) in [6, 6.07) is 6.22. The number of benzene rings is 1. The van der Waals surface area contributed by atoms with Crippen LogP contribution in [-0.4, -0.2) is 37.3 Å². The molecule has 0 spiro atoms. The Kier molecular flexibility index (Phi) is 9.56. The number of carbonyl (C=O) groups is 2. The zero-order chi connectivity index (χ0) is 23.7. The molecule has 1 N–H and O–H groups in total. The van der Waals surface area contributed by atoms with Crippen molar-refractivity contribution in [3.8, 4) is 5.75 Å². The van der Waals surface area contributed by atoms with Crippen molar-refractivity contribution >= 4 is 23.2 Å². The minimum atomic E-state index is -0.488. The van der Waals surface area contributed by atoms with Crippen molar-refractivity contribution in [3.05, 3.63) is 55.1 Å². The molecule has 0 amide bonds. The zero-order valence-corrected chi connectivity index (χ0v) is 19.5. The predicted octanol–water partition coefficient (Wildman–Crippen LogP) is 5.16. The second-order valence-corrected chi connectivity index (χ2v) is 8.60. The maximum atomic E-state index is 10.8. The Morgan fingerprint density at radius 1 is 1.10 bits per heavy atom. The number of hydrogen-bond acceptors (Lipinski definition) is 6. The molecule has 0 unspecified atom stereocenters. The highest BCUT2D eigenvalue weighted by atomic mass is 16.5. The van der Waals surface area contributed by atoms with E-state index < -0.39 is 17.4 Å². The van der Waals surface area contributed by atoms with Gasteiger partial charge in [-0.25, -0.2) is 9.59 Å². The van der Waals surface area contributed by atoms with Gasteiger partial charge < -0.3 is 19.5 Å². The van der Waals surface area contributed by atoms with E-state index in [1.807, 2.05) is 26.8 Å². The fourth-order valence-electron chi connectivity index (χ4n) is 2.91. The monoisotopic (exact) mass is 429 g/mol. The first kappa shape index (κ1) is 26.0. The smallest absolute Gasteiger partial charge is 0.330 e. The Bertz CT molecular complexity index is 810. The van der Waals surface area contributed by atoms with Crippen LogP contribution in [0.5, 0.6) is 5.75 Å². The van der Waals surface area contributed by atoms with E-state index in [1.54, 1.807) is 0 Å². The SMILES string of the molecule is C=CC(=O)OCC(C)(C)COC(=O)C=C.CCOc1ccc2c(c1)C(C)=CC(C)(C)N2.